The molecule has 0 radical (unpaired) electrons. The van der Waals surface area contributed by atoms with Gasteiger partial charge in [-0.25, -0.2) is 14.4 Å². The van der Waals surface area contributed by atoms with Crippen LogP contribution in [0.1, 0.15) is 46.2 Å². The fourth-order valence-corrected chi connectivity index (χ4v) is 4.57. The van der Waals surface area contributed by atoms with Crippen LogP contribution in [0.5, 0.6) is 0 Å². The number of amides is 1. The summed E-state index contributed by atoms with van der Waals surface area (Å²) in [5.41, 5.74) is 1.67. The molecule has 1 amide bonds. The zero-order chi connectivity index (χ0) is 21.9. The Labute approximate surface area is 176 Å². The molecule has 1 saturated heterocycles. The predicted octanol–water partition coefficient (Wildman–Crippen LogP) is 1.84. The average Bonchev–Trinajstić information content (AvgIpc) is 2.73. The zero-order valence-corrected chi connectivity index (χ0v) is 18.1. The van der Waals surface area contributed by atoms with Crippen LogP contribution in [0.15, 0.2) is 30.5 Å². The van der Waals surface area contributed by atoms with E-state index in [2.05, 4.69) is 15.3 Å². The van der Waals surface area contributed by atoms with Gasteiger partial charge in [-0.05, 0) is 37.5 Å². The highest BCUT2D eigenvalue weighted by molar-refractivity contribution is 7.86. The van der Waals surface area contributed by atoms with E-state index in [1.54, 1.807) is 19.1 Å². The van der Waals surface area contributed by atoms with Crippen molar-refractivity contribution >= 4 is 16.1 Å². The normalized spacial score (nSPS) is 17.8. The third-order valence-electron chi connectivity index (χ3n) is 5.15. The summed E-state index contributed by atoms with van der Waals surface area (Å²) < 4.78 is 40.5. The molecule has 3 rings (SSSR count). The van der Waals surface area contributed by atoms with E-state index in [0.717, 1.165) is 18.4 Å². The summed E-state index contributed by atoms with van der Waals surface area (Å²) in [7, 11) is -0.460. The summed E-state index contributed by atoms with van der Waals surface area (Å²) in [6.45, 7) is 2.78. The first kappa shape index (κ1) is 22.3. The number of aromatic nitrogens is 2. The van der Waals surface area contributed by atoms with Crippen LogP contribution >= 0.6 is 0 Å². The summed E-state index contributed by atoms with van der Waals surface area (Å²) in [6, 6.07) is 5.90. The number of benzene rings is 1. The average molecular weight is 436 g/mol. The zero-order valence-electron chi connectivity index (χ0n) is 17.3. The monoisotopic (exact) mass is 435 g/mol. The Bertz CT molecular complexity index is 1010. The molecule has 1 aromatic carbocycles. The lowest BCUT2D eigenvalue weighted by molar-refractivity contribution is 0.0949. The molecule has 2 aromatic rings. The highest BCUT2D eigenvalue weighted by Crippen LogP contribution is 2.27. The lowest BCUT2D eigenvalue weighted by Crippen LogP contribution is -2.45. The van der Waals surface area contributed by atoms with Crippen molar-refractivity contribution < 1.29 is 17.6 Å². The molecule has 1 fully saturated rings. The van der Waals surface area contributed by atoms with E-state index in [1.807, 2.05) is 0 Å². The minimum Gasteiger partial charge on any atom is -0.348 e. The maximum Gasteiger partial charge on any atom is 0.281 e. The molecule has 10 heteroatoms. The number of aryl methyl sites for hydroxylation is 1. The van der Waals surface area contributed by atoms with Crippen LogP contribution in [-0.4, -0.2) is 60.1 Å². The number of hydrogen-bond donors (Lipinski definition) is 1. The molecule has 1 aliphatic heterocycles. The number of carbonyl (C=O) groups is 1. The van der Waals surface area contributed by atoms with Gasteiger partial charge in [-0.1, -0.05) is 12.1 Å². The van der Waals surface area contributed by atoms with E-state index in [4.69, 9.17) is 0 Å². The second-order valence-electron chi connectivity index (χ2n) is 7.52. The smallest absolute Gasteiger partial charge is 0.281 e. The van der Waals surface area contributed by atoms with E-state index in [-0.39, 0.29) is 24.2 Å². The van der Waals surface area contributed by atoms with E-state index < -0.39 is 10.2 Å². The van der Waals surface area contributed by atoms with Crippen molar-refractivity contribution in [1.82, 2.24) is 23.9 Å². The molecule has 0 saturated carbocycles. The Balaban J connectivity index is 1.68. The third-order valence-corrected chi connectivity index (χ3v) is 7.05. The number of carbonyl (C=O) groups excluding carboxylic acids is 1. The molecule has 0 aliphatic carbocycles. The third kappa shape index (κ3) is 5.00. The van der Waals surface area contributed by atoms with Gasteiger partial charge < -0.3 is 5.32 Å². The van der Waals surface area contributed by atoms with Gasteiger partial charge in [0.15, 0.2) is 0 Å². The van der Waals surface area contributed by atoms with Gasteiger partial charge in [0.1, 0.15) is 11.6 Å². The van der Waals surface area contributed by atoms with Gasteiger partial charge in [-0.3, -0.25) is 4.79 Å². The fourth-order valence-electron chi connectivity index (χ4n) is 3.38. The molecule has 2 heterocycles. The minimum atomic E-state index is -3.49. The van der Waals surface area contributed by atoms with Gasteiger partial charge in [-0.15, -0.1) is 0 Å². The topological polar surface area (TPSA) is 95.5 Å². The number of halogens is 1. The molecule has 1 aliphatic rings. The van der Waals surface area contributed by atoms with E-state index in [1.165, 1.54) is 41.0 Å². The SMILES string of the molecule is Cc1nc(C2CCCN(S(=O)(=O)N(C)C)C2)ncc1C(=O)NCc1ccc(F)cc1. The molecule has 162 valence electrons. The summed E-state index contributed by atoms with van der Waals surface area (Å²) in [5.74, 6) is -0.224. The van der Waals surface area contributed by atoms with E-state index in [9.17, 15) is 17.6 Å². The maximum atomic E-state index is 13.0. The standard InChI is InChI=1S/C20H26FN5O3S/c1-14-18(20(27)23-11-15-6-8-17(21)9-7-15)12-22-19(24-14)16-5-4-10-26(13-16)30(28,29)25(2)3/h6-9,12,16H,4-5,10-11,13H2,1-3H3,(H,23,27). The molecule has 1 N–H and O–H groups in total. The molecule has 1 aromatic heterocycles. The van der Waals surface area contributed by atoms with E-state index in [0.29, 0.717) is 30.2 Å². The first-order valence-corrected chi connectivity index (χ1v) is 11.1. The summed E-state index contributed by atoms with van der Waals surface area (Å²) in [6.07, 6.45) is 2.99. The molecule has 0 spiro atoms. The molecule has 30 heavy (non-hydrogen) atoms. The lowest BCUT2D eigenvalue weighted by atomic mass is 9.98. The molecule has 1 atom stereocenters. The predicted molar refractivity (Wildman–Crippen MR) is 110 cm³/mol. The van der Waals surface area contributed by atoms with Crippen molar-refractivity contribution in [1.29, 1.82) is 0 Å². The second-order valence-corrected chi connectivity index (χ2v) is 9.67. The van der Waals surface area contributed by atoms with Crippen LogP contribution in [0.25, 0.3) is 0 Å². The lowest BCUT2D eigenvalue weighted by Gasteiger charge is -2.32. The van der Waals surface area contributed by atoms with Crippen molar-refractivity contribution in [3.63, 3.8) is 0 Å². The quantitative estimate of drug-likeness (QED) is 0.747. The van der Waals surface area contributed by atoms with Crippen molar-refractivity contribution in [3.8, 4) is 0 Å². The fraction of sp³-hybridized carbons (Fsp3) is 0.450. The number of nitrogens with one attached hydrogen (secondary N) is 1. The molecule has 8 nitrogen and oxygen atoms in total. The van der Waals surface area contributed by atoms with Crippen LogP contribution in [0.2, 0.25) is 0 Å². The van der Waals surface area contributed by atoms with Gasteiger partial charge >= 0.3 is 0 Å². The van der Waals surface area contributed by atoms with Gasteiger partial charge in [0.05, 0.1) is 11.3 Å². The Morgan fingerprint density at radius 2 is 2.00 bits per heavy atom. The van der Waals surface area contributed by atoms with Crippen LogP contribution in [0, 0.1) is 12.7 Å². The van der Waals surface area contributed by atoms with Crippen LogP contribution in [0.4, 0.5) is 4.39 Å². The highest BCUT2D eigenvalue weighted by Gasteiger charge is 2.32. The molecular weight excluding hydrogens is 409 g/mol. The first-order valence-electron chi connectivity index (χ1n) is 9.72. The second kappa shape index (κ2) is 9.15. The number of piperidine rings is 1. The van der Waals surface area contributed by atoms with Gasteiger partial charge in [0.2, 0.25) is 0 Å². The number of hydrogen-bond acceptors (Lipinski definition) is 5. The van der Waals surface area contributed by atoms with Crippen molar-refractivity contribution in [2.24, 2.45) is 0 Å². The van der Waals surface area contributed by atoms with Gasteiger partial charge in [0.25, 0.3) is 16.1 Å². The molecule has 0 bridgehead atoms. The van der Waals surface area contributed by atoms with Gasteiger partial charge in [0, 0.05) is 45.8 Å². The summed E-state index contributed by atoms with van der Waals surface area (Å²) in [5, 5.41) is 2.78. The minimum absolute atomic E-state index is 0.122. The summed E-state index contributed by atoms with van der Waals surface area (Å²) in [4.78, 5) is 21.3. The Hall–Kier alpha value is -2.43. The summed E-state index contributed by atoms with van der Waals surface area (Å²) >= 11 is 0. The Kier molecular flexibility index (Phi) is 6.79. The number of nitrogens with zero attached hydrogens (tertiary/aromatic N) is 4. The largest absolute Gasteiger partial charge is 0.348 e. The molecular formula is C20H26FN5O3S. The maximum absolute atomic E-state index is 13.0. The van der Waals surface area contributed by atoms with Crippen LogP contribution in [0.3, 0.4) is 0 Å². The molecule has 1 unspecified atom stereocenters. The van der Waals surface area contributed by atoms with Gasteiger partial charge in [-0.2, -0.15) is 17.0 Å². The van der Waals surface area contributed by atoms with Crippen molar-refractivity contribution in [2.75, 3.05) is 27.2 Å². The Morgan fingerprint density at radius 1 is 1.30 bits per heavy atom. The van der Waals surface area contributed by atoms with Crippen LogP contribution in [-0.2, 0) is 16.8 Å². The van der Waals surface area contributed by atoms with Crippen molar-refractivity contribution in [3.05, 3.63) is 58.9 Å². The first-order chi connectivity index (χ1) is 14.2. The van der Waals surface area contributed by atoms with E-state index >= 15 is 0 Å². The Morgan fingerprint density at radius 3 is 2.63 bits per heavy atom. The van der Waals surface area contributed by atoms with Crippen LogP contribution < -0.4 is 5.32 Å². The van der Waals surface area contributed by atoms with Crippen molar-refractivity contribution in [2.45, 2.75) is 32.2 Å². The number of rotatable bonds is 6. The highest BCUT2D eigenvalue weighted by atomic mass is 32.2.